The summed E-state index contributed by atoms with van der Waals surface area (Å²) in [6.07, 6.45) is 8.70. The van der Waals surface area contributed by atoms with Crippen molar-refractivity contribution in [2.24, 2.45) is 0 Å². The summed E-state index contributed by atoms with van der Waals surface area (Å²) in [5.41, 5.74) is 14.9. The normalized spacial score (nSPS) is 12.5. The van der Waals surface area contributed by atoms with Crippen LogP contribution in [0.15, 0.2) is 221 Å². The van der Waals surface area contributed by atoms with Crippen molar-refractivity contribution in [3.05, 3.63) is 229 Å². The lowest BCUT2D eigenvalue weighted by Crippen LogP contribution is -2.09. The summed E-state index contributed by atoms with van der Waals surface area (Å²) in [4.78, 5) is 16.1. The van der Waals surface area contributed by atoms with Crippen molar-refractivity contribution in [3.8, 4) is 51.0 Å². The van der Waals surface area contributed by atoms with E-state index in [4.69, 9.17) is 23.8 Å². The maximum absolute atomic E-state index is 6.63. The van der Waals surface area contributed by atoms with E-state index in [9.17, 15) is 0 Å². The van der Waals surface area contributed by atoms with Gasteiger partial charge in [0.15, 0.2) is 11.6 Å². The number of aromatic nitrogens is 4. The second-order valence-corrected chi connectivity index (χ2v) is 20.0. The van der Waals surface area contributed by atoms with E-state index in [1.165, 1.54) is 32.2 Å². The molecule has 0 atom stereocenters. The molecule has 7 heteroatoms. The molecule has 74 heavy (non-hydrogen) atoms. The molecule has 0 radical (unpaired) electrons. The Labute approximate surface area is 430 Å². The van der Waals surface area contributed by atoms with Gasteiger partial charge in [0.25, 0.3) is 0 Å². The number of nitrogens with zero attached hydrogens (tertiary/aromatic N) is 4. The first kappa shape index (κ1) is 43.6. The van der Waals surface area contributed by atoms with Gasteiger partial charge >= 0.3 is 0 Å². The summed E-state index contributed by atoms with van der Waals surface area (Å²) in [6.45, 7) is 4.25. The van der Waals surface area contributed by atoms with E-state index >= 15 is 0 Å². The van der Waals surface area contributed by atoms with E-state index in [1.807, 2.05) is 59.9 Å². The number of hydrogen-bond acceptors (Lipinski definition) is 6. The number of furan rings is 2. The third-order valence-electron chi connectivity index (χ3n) is 14.1. The number of thiophene rings is 1. The Kier molecular flexibility index (Phi) is 10.5. The summed E-state index contributed by atoms with van der Waals surface area (Å²) in [5.74, 6) is 1.67. The number of allylic oxidation sites excluding steroid dienone is 3. The van der Waals surface area contributed by atoms with Crippen LogP contribution < -0.4 is 0 Å². The Balaban J connectivity index is 0.00000164. The molecule has 6 nitrogen and oxygen atoms in total. The zero-order chi connectivity index (χ0) is 49.3. The van der Waals surface area contributed by atoms with Gasteiger partial charge in [-0.15, -0.1) is 11.3 Å². The fraction of sp³-hybridized carbons (Fsp3) is 0.0597. The first-order valence-corrected chi connectivity index (χ1v) is 26.1. The average Bonchev–Trinajstić information content (AvgIpc) is 4.20. The molecule has 1 aliphatic carbocycles. The van der Waals surface area contributed by atoms with E-state index < -0.39 is 0 Å². The minimum Gasteiger partial charge on any atom is -0.456 e. The number of rotatable bonds is 6. The molecule has 0 amide bonds. The molecule has 1 aliphatic rings. The lowest BCUT2D eigenvalue weighted by molar-refractivity contribution is 0.667. The second-order valence-electron chi connectivity index (χ2n) is 18.9. The van der Waals surface area contributed by atoms with Gasteiger partial charge in [0.05, 0.1) is 5.52 Å². The predicted molar refractivity (Wildman–Crippen MR) is 309 cm³/mol. The summed E-state index contributed by atoms with van der Waals surface area (Å²) in [6, 6.07) is 70.5. The van der Waals surface area contributed by atoms with Crippen LogP contribution in [-0.2, 0) is 6.42 Å². The molecule has 9 aromatic carbocycles. The highest BCUT2D eigenvalue weighted by Crippen LogP contribution is 2.44. The van der Waals surface area contributed by atoms with Crippen molar-refractivity contribution in [3.63, 3.8) is 0 Å². The van der Waals surface area contributed by atoms with E-state index in [2.05, 4.69) is 188 Å². The Morgan fingerprint density at radius 1 is 0.459 bits per heavy atom. The highest BCUT2D eigenvalue weighted by atomic mass is 32.1. The molecular formula is C67H46N4O2S. The number of fused-ring (bicyclic) bond motifs is 12. The molecule has 0 saturated heterocycles. The molecule has 0 saturated carbocycles. The van der Waals surface area contributed by atoms with Crippen LogP contribution in [0.2, 0.25) is 0 Å². The lowest BCUT2D eigenvalue weighted by atomic mass is 9.96. The smallest absolute Gasteiger partial charge is 0.238 e. The van der Waals surface area contributed by atoms with E-state index in [-0.39, 0.29) is 0 Å². The van der Waals surface area contributed by atoms with Crippen LogP contribution in [0, 0.1) is 0 Å². The Bertz CT molecular complexity index is 4590. The van der Waals surface area contributed by atoms with Gasteiger partial charge in [-0.3, -0.25) is 4.57 Å². The van der Waals surface area contributed by atoms with Gasteiger partial charge in [-0.05, 0) is 76.9 Å². The number of benzene rings is 9. The minimum absolute atomic E-state index is 0.535. The summed E-state index contributed by atoms with van der Waals surface area (Å²) < 4.78 is 17.9. The standard InChI is InChI=1S/C64H38N4O2S.C3H8/c1-2-14-38(15-3-1)62-65-63(43-30-32-48-46-19-4-7-27-55(46)69-57(48)37-43)67-64(66-62)68-54-26-11-18-42(45-23-13-25-51-47-20-5-8-28-56(47)70-61(45)51)36-52(54)50-24-12-22-44(60(50)68)41-17-10-16-39(34-41)40-31-33-59-53(35-40)49-21-6-9-29-58(49)71-59;1-3-2/h1-25,27-37H,26H2;3H2,1-2H3. The largest absolute Gasteiger partial charge is 0.456 e. The Hall–Kier alpha value is -9.17. The van der Waals surface area contributed by atoms with Crippen LogP contribution in [0.5, 0.6) is 0 Å². The van der Waals surface area contributed by atoms with Crippen LogP contribution >= 0.6 is 11.3 Å². The van der Waals surface area contributed by atoms with E-state index in [0.29, 0.717) is 24.0 Å². The number of para-hydroxylation sites is 4. The molecule has 0 fully saturated rings. The van der Waals surface area contributed by atoms with Gasteiger partial charge < -0.3 is 8.83 Å². The van der Waals surface area contributed by atoms with Crippen molar-refractivity contribution in [1.82, 2.24) is 19.5 Å². The molecule has 0 bridgehead atoms. The molecule has 15 rings (SSSR count). The Morgan fingerprint density at radius 3 is 1.91 bits per heavy atom. The number of hydrogen-bond donors (Lipinski definition) is 0. The average molecular weight is 971 g/mol. The molecule has 0 unspecified atom stereocenters. The summed E-state index contributed by atoms with van der Waals surface area (Å²) >= 11 is 1.84. The first-order chi connectivity index (χ1) is 36.6. The molecule has 0 aliphatic heterocycles. The zero-order valence-electron chi connectivity index (χ0n) is 40.7. The lowest BCUT2D eigenvalue weighted by Gasteiger charge is -2.15. The third kappa shape index (κ3) is 7.26. The van der Waals surface area contributed by atoms with Gasteiger partial charge in [0, 0.05) is 87.0 Å². The molecule has 352 valence electrons. The second kappa shape index (κ2) is 17.8. The van der Waals surface area contributed by atoms with Crippen LogP contribution in [0.1, 0.15) is 37.1 Å². The van der Waals surface area contributed by atoms with Gasteiger partial charge in [0.1, 0.15) is 22.3 Å². The van der Waals surface area contributed by atoms with E-state index in [1.54, 1.807) is 0 Å². The molecular weight excluding hydrogens is 925 g/mol. The van der Waals surface area contributed by atoms with Crippen molar-refractivity contribution in [2.75, 3.05) is 0 Å². The van der Waals surface area contributed by atoms with Gasteiger partial charge in [-0.1, -0.05) is 184 Å². The van der Waals surface area contributed by atoms with Gasteiger partial charge in [-0.25, -0.2) is 4.98 Å². The fourth-order valence-electron chi connectivity index (χ4n) is 10.8. The van der Waals surface area contributed by atoms with Crippen molar-refractivity contribution in [2.45, 2.75) is 26.7 Å². The van der Waals surface area contributed by atoms with Crippen LogP contribution in [0.3, 0.4) is 0 Å². The molecule has 14 aromatic rings. The molecule has 0 N–H and O–H groups in total. The maximum atomic E-state index is 6.63. The van der Waals surface area contributed by atoms with E-state index in [0.717, 1.165) is 105 Å². The molecule has 5 heterocycles. The van der Waals surface area contributed by atoms with Crippen LogP contribution in [0.4, 0.5) is 0 Å². The highest BCUT2D eigenvalue weighted by molar-refractivity contribution is 7.25. The zero-order valence-corrected chi connectivity index (χ0v) is 41.5. The SMILES string of the molecule is C1=CC(c2cccc3c2oc2ccccc23)=Cc2c(n(-c3nc(-c4ccccc4)nc(-c4ccc5c(c4)oc4ccccc45)n3)c3c(-c4cccc(-c5ccc6sc7ccccc7c6c5)c4)cccc23)C1.CCC. The van der Waals surface area contributed by atoms with Gasteiger partial charge in [-0.2, -0.15) is 9.97 Å². The molecule has 5 aromatic heterocycles. The van der Waals surface area contributed by atoms with Crippen molar-refractivity contribution >= 4 is 97.9 Å². The molecule has 0 spiro atoms. The maximum Gasteiger partial charge on any atom is 0.238 e. The minimum atomic E-state index is 0.535. The van der Waals surface area contributed by atoms with Crippen molar-refractivity contribution < 1.29 is 8.83 Å². The Morgan fingerprint density at radius 2 is 1.07 bits per heavy atom. The monoisotopic (exact) mass is 970 g/mol. The van der Waals surface area contributed by atoms with Crippen LogP contribution in [-0.4, -0.2) is 19.5 Å². The quantitative estimate of drug-likeness (QED) is 0.166. The highest BCUT2D eigenvalue weighted by Gasteiger charge is 2.26. The first-order valence-electron chi connectivity index (χ1n) is 25.3. The van der Waals surface area contributed by atoms with Gasteiger partial charge in [0.2, 0.25) is 5.95 Å². The fourth-order valence-corrected chi connectivity index (χ4v) is 11.9. The topological polar surface area (TPSA) is 69.9 Å². The summed E-state index contributed by atoms with van der Waals surface area (Å²) in [7, 11) is 0. The van der Waals surface area contributed by atoms with Crippen molar-refractivity contribution in [1.29, 1.82) is 0 Å². The predicted octanol–water partition coefficient (Wildman–Crippen LogP) is 18.7. The van der Waals surface area contributed by atoms with Crippen LogP contribution in [0.25, 0.3) is 138 Å². The summed E-state index contributed by atoms with van der Waals surface area (Å²) in [5, 5.41) is 7.99. The third-order valence-corrected chi connectivity index (χ3v) is 15.3.